The van der Waals surface area contributed by atoms with E-state index in [4.69, 9.17) is 4.74 Å². The molecule has 0 N–H and O–H groups in total. The number of carbonyl (C=O) groups is 2. The van der Waals surface area contributed by atoms with Crippen LogP contribution in [0.1, 0.15) is 157 Å². The summed E-state index contributed by atoms with van der Waals surface area (Å²) in [5, 5.41) is 3.20. The molecule has 0 aromatic carbocycles. The fraction of sp³-hybridized carbons (Fsp3) is 0.468. The van der Waals surface area contributed by atoms with E-state index in [1.165, 1.54) is 50.5 Å². The van der Waals surface area contributed by atoms with E-state index in [1.807, 2.05) is 133 Å². The van der Waals surface area contributed by atoms with Crippen molar-refractivity contribution in [3.63, 3.8) is 0 Å². The van der Waals surface area contributed by atoms with Gasteiger partial charge in [-0.3, -0.25) is 29.5 Å². The maximum atomic E-state index is 11.8. The minimum Gasteiger partial charge on any atom is -0.475 e. The predicted molar refractivity (Wildman–Crippen MR) is 314 cm³/mol. The van der Waals surface area contributed by atoms with Gasteiger partial charge in [-0.1, -0.05) is 32.4 Å². The van der Waals surface area contributed by atoms with Gasteiger partial charge in [-0.25, -0.2) is 24.3 Å². The number of ether oxygens (including phenoxy) is 1. The molecule has 0 spiro atoms. The third kappa shape index (κ3) is 30.6. The van der Waals surface area contributed by atoms with Crippen LogP contribution < -0.4 is 9.64 Å². The Kier molecular flexibility index (Phi) is 31.3. The van der Waals surface area contributed by atoms with Gasteiger partial charge in [0.05, 0.1) is 28.9 Å². The molecule has 2 aliphatic rings. The van der Waals surface area contributed by atoms with Gasteiger partial charge < -0.3 is 9.64 Å². The molecule has 1 saturated heterocycles. The number of piperidine rings is 1. The molecule has 7 aromatic rings. The Labute approximate surface area is 464 Å². The van der Waals surface area contributed by atoms with Crippen LogP contribution in [0.15, 0.2) is 90.7 Å². The standard InChI is InChI=1S/C11H16N2.C9H14N2O.C9H14N2.C8H9NO.C8H11N.C7H9N.C5H7FO.C5H7NS/c1-10-5-6-11(9-12-10)13-7-3-2-4-8-13;1-6(2)12-9-5-7(3)10-8(4)11-9;1-4-5-9-6-7(2)10-8(3)11-9;1-6-5-8(7(2)10)3-4-9-6;1-3-8-5-4-7(2)9-6-8;1-6-4-3-5-7(2)8-6;1-3(7)4-2-5(4)6;1-4-3-7-5(2)6-4/h5-6,9H,2-4,7-8H2,1H3;5-6H,1-4H3;6H,4-5H2,1-3H3;3-5H,1-2H3;4-6H,3H2,1-2H3;3-5H,1-2H3;4-5H,2H2,1H3;3H,1-2H3. The summed E-state index contributed by atoms with van der Waals surface area (Å²) in [5.41, 5.74) is 12.9. The summed E-state index contributed by atoms with van der Waals surface area (Å²) in [4.78, 5) is 60.9. The van der Waals surface area contributed by atoms with Crippen molar-refractivity contribution in [2.45, 2.75) is 175 Å². The first-order valence-electron chi connectivity index (χ1n) is 26.7. The quantitative estimate of drug-likeness (QED) is 0.132. The Bertz CT molecular complexity index is 2710. The molecule has 0 amide bonds. The van der Waals surface area contributed by atoms with Crippen molar-refractivity contribution in [2.75, 3.05) is 18.0 Å². The number of rotatable bonds is 8. The molecule has 9 rings (SSSR count). The normalized spacial score (nSPS) is 13.6. The van der Waals surface area contributed by atoms with E-state index >= 15 is 0 Å². The van der Waals surface area contributed by atoms with Crippen LogP contribution in [0.3, 0.4) is 0 Å². The number of Topliss-reactive ketones (excluding diaryl/α,β-unsaturated/α-hetero) is 2. The van der Waals surface area contributed by atoms with Crippen LogP contribution in [0.25, 0.3) is 0 Å². The lowest BCUT2D eigenvalue weighted by Gasteiger charge is -2.28. The Morgan fingerprint density at radius 2 is 1.25 bits per heavy atom. The number of aromatic nitrogens is 9. The van der Waals surface area contributed by atoms with Crippen molar-refractivity contribution in [2.24, 2.45) is 5.92 Å². The Balaban J connectivity index is 0.000000304. The first-order valence-corrected chi connectivity index (χ1v) is 27.6. The molecule has 0 bridgehead atoms. The highest BCUT2D eigenvalue weighted by atomic mass is 32.1. The summed E-state index contributed by atoms with van der Waals surface area (Å²) in [6.45, 7) is 35.3. The lowest BCUT2D eigenvalue weighted by molar-refractivity contribution is -0.118. The minimum absolute atomic E-state index is 0.00694. The van der Waals surface area contributed by atoms with Crippen LogP contribution in [0, 0.1) is 82.1 Å². The van der Waals surface area contributed by atoms with Gasteiger partial charge in [0.15, 0.2) is 5.78 Å². The van der Waals surface area contributed by atoms with Crippen LogP contribution in [0.5, 0.6) is 5.88 Å². The molecule has 1 aliphatic heterocycles. The Morgan fingerprint density at radius 3 is 1.62 bits per heavy atom. The molecule has 15 heteroatoms. The highest BCUT2D eigenvalue weighted by Gasteiger charge is 2.41. The van der Waals surface area contributed by atoms with Crippen LogP contribution in [-0.2, 0) is 17.6 Å². The topological polar surface area (TPSA) is 163 Å². The molecule has 416 valence electrons. The molecule has 1 aliphatic carbocycles. The summed E-state index contributed by atoms with van der Waals surface area (Å²) in [6, 6.07) is 21.8. The molecule has 77 heavy (non-hydrogen) atoms. The monoisotopic (exact) mass is 1070 g/mol. The smallest absolute Gasteiger partial charge is 0.217 e. The molecule has 2 fully saturated rings. The van der Waals surface area contributed by atoms with Crippen molar-refractivity contribution < 1.29 is 18.7 Å². The van der Waals surface area contributed by atoms with E-state index in [2.05, 4.69) is 93.2 Å². The lowest BCUT2D eigenvalue weighted by atomic mass is 10.1. The Hall–Kier alpha value is -6.74. The van der Waals surface area contributed by atoms with Gasteiger partial charge in [-0.2, -0.15) is 4.98 Å². The van der Waals surface area contributed by atoms with Gasteiger partial charge >= 0.3 is 0 Å². The Morgan fingerprint density at radius 1 is 0.649 bits per heavy atom. The van der Waals surface area contributed by atoms with Gasteiger partial charge in [0.2, 0.25) is 5.88 Å². The van der Waals surface area contributed by atoms with E-state index < -0.39 is 6.17 Å². The first-order chi connectivity index (χ1) is 36.5. The molecule has 8 heterocycles. The molecule has 7 aromatic heterocycles. The number of aryl methyl sites for hydroxylation is 13. The number of hydrogen-bond acceptors (Lipinski definition) is 14. The number of pyridine rings is 4. The number of anilines is 1. The summed E-state index contributed by atoms with van der Waals surface area (Å²) in [6.07, 6.45) is 12.7. The van der Waals surface area contributed by atoms with E-state index in [0.29, 0.717) is 12.3 Å². The van der Waals surface area contributed by atoms with Gasteiger partial charge in [0.25, 0.3) is 0 Å². The number of hydrogen-bond donors (Lipinski definition) is 0. The van der Waals surface area contributed by atoms with E-state index in [-0.39, 0.29) is 23.6 Å². The number of nitrogens with zero attached hydrogens (tertiary/aromatic N) is 10. The maximum absolute atomic E-state index is 11.8. The number of ketones is 2. The summed E-state index contributed by atoms with van der Waals surface area (Å²) in [7, 11) is 0. The lowest BCUT2D eigenvalue weighted by Crippen LogP contribution is -2.29. The second-order valence-electron chi connectivity index (χ2n) is 19.4. The van der Waals surface area contributed by atoms with Crippen LogP contribution in [0.2, 0.25) is 0 Å². The zero-order valence-electron chi connectivity index (χ0n) is 49.2. The second kappa shape index (κ2) is 36.3. The van der Waals surface area contributed by atoms with Gasteiger partial charge in [-0.15, -0.1) is 11.3 Å². The van der Waals surface area contributed by atoms with Gasteiger partial charge in [0.1, 0.15) is 23.6 Å². The van der Waals surface area contributed by atoms with Crippen molar-refractivity contribution in [1.82, 2.24) is 44.9 Å². The SMILES string of the molecule is CC(=O)C1CC1F.CC(=O)c1ccnc(C)c1.CCCc1cc(C)nc(C)n1.CCc1ccc(C)nc1.Cc1cc(OC(C)C)nc(C)n1.Cc1ccc(N2CCCCC2)cn1.Cc1cccc(C)n1.Cc1csc(C)n1. The van der Waals surface area contributed by atoms with Gasteiger partial charge in [-0.05, 0) is 196 Å². The van der Waals surface area contributed by atoms with Crippen molar-refractivity contribution >= 4 is 28.6 Å². The zero-order valence-corrected chi connectivity index (χ0v) is 50.1. The van der Waals surface area contributed by atoms with Crippen molar-refractivity contribution in [3.05, 3.63) is 170 Å². The number of halogens is 1. The first kappa shape index (κ1) is 66.4. The molecule has 2 atom stereocenters. The molecule has 2 unspecified atom stereocenters. The molecule has 1 saturated carbocycles. The average molecular weight is 1070 g/mol. The third-order valence-corrected chi connectivity index (χ3v) is 12.0. The summed E-state index contributed by atoms with van der Waals surface area (Å²) in [5.74, 6) is 2.15. The van der Waals surface area contributed by atoms with Crippen LogP contribution in [0.4, 0.5) is 10.1 Å². The largest absolute Gasteiger partial charge is 0.475 e. The molecule has 13 nitrogen and oxygen atoms in total. The number of carbonyl (C=O) groups excluding carboxylic acids is 2. The minimum atomic E-state index is -0.808. The van der Waals surface area contributed by atoms with Crippen LogP contribution >= 0.6 is 11.3 Å². The highest BCUT2D eigenvalue weighted by molar-refractivity contribution is 7.09. The molecule has 0 radical (unpaired) electrons. The maximum Gasteiger partial charge on any atom is 0.217 e. The average Bonchev–Trinajstić information content (AvgIpc) is 3.99. The van der Waals surface area contributed by atoms with E-state index in [9.17, 15) is 14.0 Å². The van der Waals surface area contributed by atoms with Crippen molar-refractivity contribution in [1.29, 1.82) is 0 Å². The molecular formula is C62H87FN10O3S. The highest BCUT2D eigenvalue weighted by Crippen LogP contribution is 2.34. The fourth-order valence-electron chi connectivity index (χ4n) is 7.17. The predicted octanol–water partition coefficient (Wildman–Crippen LogP) is 14.2. The fourth-order valence-corrected chi connectivity index (χ4v) is 7.76. The van der Waals surface area contributed by atoms with E-state index in [0.717, 1.165) is 92.7 Å². The number of thiazole rings is 1. The van der Waals surface area contributed by atoms with E-state index in [1.54, 1.807) is 36.6 Å². The zero-order chi connectivity index (χ0) is 57.5. The summed E-state index contributed by atoms with van der Waals surface area (Å²) >= 11 is 1.69. The third-order valence-electron chi connectivity index (χ3n) is 11.1. The van der Waals surface area contributed by atoms with Crippen molar-refractivity contribution in [3.8, 4) is 5.88 Å². The summed E-state index contributed by atoms with van der Waals surface area (Å²) < 4.78 is 17.2. The van der Waals surface area contributed by atoms with Gasteiger partial charge in [0, 0.05) is 93.7 Å². The van der Waals surface area contributed by atoms with Crippen LogP contribution in [-0.4, -0.2) is 81.8 Å². The second-order valence-corrected chi connectivity index (χ2v) is 20.4. The number of alkyl halides is 1. The molecular weight excluding hydrogens is 984 g/mol.